The van der Waals surface area contributed by atoms with Gasteiger partial charge in [-0.25, -0.2) is 4.98 Å². The lowest BCUT2D eigenvalue weighted by Crippen LogP contribution is -2.24. The second-order valence-corrected chi connectivity index (χ2v) is 10.2. The van der Waals surface area contributed by atoms with Crippen molar-refractivity contribution in [2.75, 3.05) is 17.7 Å². The first kappa shape index (κ1) is 26.8. The normalized spacial score (nSPS) is 11.4. The zero-order valence-electron chi connectivity index (χ0n) is 20.5. The molecule has 1 atom stereocenters. The van der Waals surface area contributed by atoms with Crippen LogP contribution in [0.3, 0.4) is 0 Å². The Morgan fingerprint density at radius 2 is 1.84 bits per heavy atom. The number of rotatable bonds is 10. The Bertz CT molecular complexity index is 1460. The summed E-state index contributed by atoms with van der Waals surface area (Å²) in [6.07, 6.45) is 0.584. The van der Waals surface area contributed by atoms with Gasteiger partial charge in [-0.15, -0.1) is 23.1 Å². The van der Waals surface area contributed by atoms with Gasteiger partial charge < -0.3 is 15.4 Å². The van der Waals surface area contributed by atoms with Crippen LogP contribution in [0.5, 0.6) is 5.75 Å². The molecule has 1 aromatic heterocycles. The standard InChI is InChI=1S/C27H24N4O5S2/c1-3-24(26(33)30-27-29-22(16-37-27)21-9-4-5-10-23(21)36-2)38-20-8-6-7-18(15-20)28-25(32)17-11-13-19(14-12-17)31(34)35/h4-16,24H,3H2,1-2H3,(H,28,32)(H,29,30,33). The molecule has 0 aliphatic rings. The van der Waals surface area contributed by atoms with Crippen LogP contribution in [0.2, 0.25) is 0 Å². The zero-order valence-corrected chi connectivity index (χ0v) is 22.2. The van der Waals surface area contributed by atoms with E-state index in [0.717, 1.165) is 16.2 Å². The quantitative estimate of drug-likeness (QED) is 0.132. The molecule has 4 rings (SSSR count). The van der Waals surface area contributed by atoms with E-state index < -0.39 is 4.92 Å². The summed E-state index contributed by atoms with van der Waals surface area (Å²) in [5, 5.41) is 18.5. The Hall–Kier alpha value is -4.22. The number of nitro groups is 1. The van der Waals surface area contributed by atoms with Gasteiger partial charge in [0.05, 0.1) is 23.0 Å². The number of thiazole rings is 1. The second-order valence-electron chi connectivity index (χ2n) is 8.03. The topological polar surface area (TPSA) is 123 Å². The van der Waals surface area contributed by atoms with E-state index >= 15 is 0 Å². The molecule has 4 aromatic rings. The van der Waals surface area contributed by atoms with E-state index in [4.69, 9.17) is 4.74 Å². The fourth-order valence-electron chi connectivity index (χ4n) is 3.57. The highest BCUT2D eigenvalue weighted by atomic mass is 32.2. The number of thioether (sulfide) groups is 1. The van der Waals surface area contributed by atoms with E-state index in [9.17, 15) is 19.7 Å². The van der Waals surface area contributed by atoms with Crippen molar-refractivity contribution in [1.29, 1.82) is 0 Å². The molecule has 0 radical (unpaired) electrons. The van der Waals surface area contributed by atoms with Gasteiger partial charge in [-0.2, -0.15) is 0 Å². The second kappa shape index (κ2) is 12.3. The first-order valence-corrected chi connectivity index (χ1v) is 13.4. The third kappa shape index (κ3) is 6.55. The first-order chi connectivity index (χ1) is 18.4. The Morgan fingerprint density at radius 3 is 2.55 bits per heavy atom. The molecule has 1 unspecified atom stereocenters. The minimum Gasteiger partial charge on any atom is -0.496 e. The number of hydrogen-bond donors (Lipinski definition) is 2. The molecule has 3 aromatic carbocycles. The Labute approximate surface area is 227 Å². The summed E-state index contributed by atoms with van der Waals surface area (Å²) in [5.74, 6) is 0.151. The van der Waals surface area contributed by atoms with E-state index in [1.165, 1.54) is 47.4 Å². The average Bonchev–Trinajstić information content (AvgIpc) is 3.40. The third-order valence-corrected chi connectivity index (χ3v) is 7.61. The van der Waals surface area contributed by atoms with Gasteiger partial charge in [0.25, 0.3) is 11.6 Å². The van der Waals surface area contributed by atoms with Crippen LogP contribution in [0.4, 0.5) is 16.5 Å². The van der Waals surface area contributed by atoms with E-state index in [1.807, 2.05) is 42.6 Å². The lowest BCUT2D eigenvalue weighted by atomic mass is 10.1. The lowest BCUT2D eigenvalue weighted by molar-refractivity contribution is -0.384. The number of benzene rings is 3. The summed E-state index contributed by atoms with van der Waals surface area (Å²) >= 11 is 2.73. The minimum absolute atomic E-state index is 0.0856. The maximum atomic E-state index is 13.0. The number of methoxy groups -OCH3 is 1. The molecule has 2 N–H and O–H groups in total. The molecule has 0 fully saturated rings. The predicted octanol–water partition coefficient (Wildman–Crippen LogP) is 6.49. The molecule has 0 saturated heterocycles. The summed E-state index contributed by atoms with van der Waals surface area (Å²) in [7, 11) is 1.60. The lowest BCUT2D eigenvalue weighted by Gasteiger charge is -2.14. The van der Waals surface area contributed by atoms with Crippen molar-refractivity contribution in [3.8, 4) is 17.0 Å². The van der Waals surface area contributed by atoms with Crippen LogP contribution in [0.25, 0.3) is 11.3 Å². The van der Waals surface area contributed by atoms with Crippen molar-refractivity contribution in [1.82, 2.24) is 4.98 Å². The third-order valence-electron chi connectivity index (χ3n) is 5.49. The van der Waals surface area contributed by atoms with Crippen LogP contribution in [-0.4, -0.2) is 34.1 Å². The maximum absolute atomic E-state index is 13.0. The van der Waals surface area contributed by atoms with Crippen LogP contribution in [0.1, 0.15) is 23.7 Å². The Morgan fingerprint density at radius 1 is 1.08 bits per heavy atom. The number of ether oxygens (including phenoxy) is 1. The maximum Gasteiger partial charge on any atom is 0.269 e. The number of nitrogens with zero attached hydrogens (tertiary/aromatic N) is 2. The number of nitro benzene ring substituents is 1. The van der Waals surface area contributed by atoms with Crippen LogP contribution >= 0.6 is 23.1 Å². The van der Waals surface area contributed by atoms with E-state index in [-0.39, 0.29) is 22.8 Å². The van der Waals surface area contributed by atoms with Gasteiger partial charge in [0.15, 0.2) is 5.13 Å². The Kier molecular flexibility index (Phi) is 8.72. The van der Waals surface area contributed by atoms with Crippen molar-refractivity contribution in [2.24, 2.45) is 0 Å². The molecule has 2 amide bonds. The van der Waals surface area contributed by atoms with Gasteiger partial charge in [0, 0.05) is 39.2 Å². The number of anilines is 2. The number of para-hydroxylation sites is 1. The van der Waals surface area contributed by atoms with E-state index in [1.54, 1.807) is 25.3 Å². The van der Waals surface area contributed by atoms with Gasteiger partial charge in [0.1, 0.15) is 5.75 Å². The molecular formula is C27H24N4O5S2. The van der Waals surface area contributed by atoms with Crippen LogP contribution < -0.4 is 15.4 Å². The van der Waals surface area contributed by atoms with Gasteiger partial charge in [-0.05, 0) is 48.9 Å². The molecule has 0 saturated carbocycles. The number of aromatic nitrogens is 1. The largest absolute Gasteiger partial charge is 0.496 e. The highest BCUT2D eigenvalue weighted by Crippen LogP contribution is 2.33. The number of nitrogens with one attached hydrogen (secondary N) is 2. The predicted molar refractivity (Wildman–Crippen MR) is 150 cm³/mol. The molecule has 0 aliphatic carbocycles. The van der Waals surface area contributed by atoms with Crippen molar-refractivity contribution in [3.63, 3.8) is 0 Å². The number of carbonyl (C=O) groups is 2. The molecule has 194 valence electrons. The van der Waals surface area contributed by atoms with Crippen molar-refractivity contribution >= 4 is 51.4 Å². The highest BCUT2D eigenvalue weighted by Gasteiger charge is 2.20. The van der Waals surface area contributed by atoms with Crippen LogP contribution in [-0.2, 0) is 4.79 Å². The SMILES string of the molecule is CCC(Sc1cccc(NC(=O)c2ccc([N+](=O)[O-])cc2)c1)C(=O)Nc1nc(-c2ccccc2OC)cs1. The fourth-order valence-corrected chi connectivity index (χ4v) is 5.30. The molecular weight excluding hydrogens is 524 g/mol. The molecule has 1 heterocycles. The van der Waals surface area contributed by atoms with Gasteiger partial charge in [-0.1, -0.05) is 25.1 Å². The summed E-state index contributed by atoms with van der Waals surface area (Å²) < 4.78 is 5.41. The summed E-state index contributed by atoms with van der Waals surface area (Å²) in [6, 6.07) is 20.1. The van der Waals surface area contributed by atoms with Crippen LogP contribution in [0.15, 0.2) is 83.1 Å². The number of amides is 2. The average molecular weight is 549 g/mol. The fraction of sp³-hybridized carbons (Fsp3) is 0.148. The zero-order chi connectivity index (χ0) is 27.1. The van der Waals surface area contributed by atoms with E-state index in [0.29, 0.717) is 28.6 Å². The number of hydrogen-bond acceptors (Lipinski definition) is 8. The molecule has 9 nitrogen and oxygen atoms in total. The molecule has 38 heavy (non-hydrogen) atoms. The number of carbonyl (C=O) groups excluding carboxylic acids is 2. The summed E-state index contributed by atoms with van der Waals surface area (Å²) in [4.78, 5) is 41.3. The van der Waals surface area contributed by atoms with E-state index in [2.05, 4.69) is 15.6 Å². The van der Waals surface area contributed by atoms with Crippen LogP contribution in [0, 0.1) is 10.1 Å². The molecule has 0 aliphatic heterocycles. The van der Waals surface area contributed by atoms with Crippen molar-refractivity contribution in [2.45, 2.75) is 23.5 Å². The van der Waals surface area contributed by atoms with Gasteiger partial charge >= 0.3 is 0 Å². The summed E-state index contributed by atoms with van der Waals surface area (Å²) in [5.41, 5.74) is 2.34. The Balaban J connectivity index is 1.40. The van der Waals surface area contributed by atoms with Crippen molar-refractivity contribution < 1.29 is 19.2 Å². The monoisotopic (exact) mass is 548 g/mol. The highest BCUT2D eigenvalue weighted by molar-refractivity contribution is 8.00. The molecule has 11 heteroatoms. The molecule has 0 spiro atoms. The number of non-ortho nitro benzene ring substituents is 1. The minimum atomic E-state index is -0.517. The molecule has 0 bridgehead atoms. The first-order valence-electron chi connectivity index (χ1n) is 11.6. The van der Waals surface area contributed by atoms with Gasteiger partial charge in [-0.3, -0.25) is 19.7 Å². The smallest absolute Gasteiger partial charge is 0.269 e. The summed E-state index contributed by atoms with van der Waals surface area (Å²) in [6.45, 7) is 1.93. The van der Waals surface area contributed by atoms with Gasteiger partial charge in [0.2, 0.25) is 5.91 Å². The van der Waals surface area contributed by atoms with Crippen molar-refractivity contribution in [3.05, 3.63) is 93.9 Å².